The second-order valence-electron chi connectivity index (χ2n) is 3.89. The first-order chi connectivity index (χ1) is 5.54. The van der Waals surface area contributed by atoms with Gasteiger partial charge in [-0.05, 0) is 46.8 Å². The van der Waals surface area contributed by atoms with Crippen molar-refractivity contribution in [1.29, 1.82) is 0 Å². The molecule has 74 valence electrons. The van der Waals surface area contributed by atoms with Crippen LogP contribution >= 0.6 is 0 Å². The largest absolute Gasteiger partial charge is 0.394 e. The number of rotatable bonds is 6. The monoisotopic (exact) mass is 174 g/mol. The van der Waals surface area contributed by atoms with Gasteiger partial charge in [-0.3, -0.25) is 4.90 Å². The zero-order chi connectivity index (χ0) is 9.61. The van der Waals surface area contributed by atoms with Crippen LogP contribution in [0, 0.1) is 0 Å². The summed E-state index contributed by atoms with van der Waals surface area (Å²) in [5.41, 5.74) is 5.29. The van der Waals surface area contributed by atoms with Gasteiger partial charge in [0.25, 0.3) is 0 Å². The van der Waals surface area contributed by atoms with Crippen LogP contribution in [0.4, 0.5) is 0 Å². The third-order valence-electron chi connectivity index (χ3n) is 2.37. The second-order valence-corrected chi connectivity index (χ2v) is 3.89. The van der Waals surface area contributed by atoms with Gasteiger partial charge in [-0.2, -0.15) is 0 Å². The van der Waals surface area contributed by atoms with Crippen molar-refractivity contribution in [2.75, 3.05) is 26.7 Å². The molecule has 3 nitrogen and oxygen atoms in total. The highest BCUT2D eigenvalue weighted by Gasteiger charge is 2.21. The van der Waals surface area contributed by atoms with Crippen LogP contribution in [0.3, 0.4) is 0 Å². The maximum Gasteiger partial charge on any atom is 0.0609 e. The Morgan fingerprint density at radius 2 is 1.92 bits per heavy atom. The van der Waals surface area contributed by atoms with Crippen molar-refractivity contribution in [3.05, 3.63) is 0 Å². The van der Waals surface area contributed by atoms with Gasteiger partial charge >= 0.3 is 0 Å². The molecule has 0 aromatic rings. The SMILES string of the molecule is CN(CCCCN)C(C)(C)CO. The lowest BCUT2D eigenvalue weighted by molar-refractivity contribution is 0.0779. The third kappa shape index (κ3) is 4.04. The van der Waals surface area contributed by atoms with Crippen molar-refractivity contribution >= 4 is 0 Å². The summed E-state index contributed by atoms with van der Waals surface area (Å²) in [7, 11) is 2.03. The molecule has 0 aromatic carbocycles. The molecule has 3 heteroatoms. The molecule has 0 unspecified atom stereocenters. The van der Waals surface area contributed by atoms with Crippen molar-refractivity contribution in [2.24, 2.45) is 5.73 Å². The summed E-state index contributed by atoms with van der Waals surface area (Å²) in [6.45, 7) is 6.04. The fourth-order valence-corrected chi connectivity index (χ4v) is 0.917. The standard InChI is InChI=1S/C9H22N2O/c1-9(2,8-12)11(3)7-5-4-6-10/h12H,4-8,10H2,1-3H3. The molecule has 0 aliphatic carbocycles. The van der Waals surface area contributed by atoms with Gasteiger partial charge in [0.1, 0.15) is 0 Å². The highest BCUT2D eigenvalue weighted by molar-refractivity contribution is 4.77. The van der Waals surface area contributed by atoms with E-state index in [0.717, 1.165) is 25.9 Å². The van der Waals surface area contributed by atoms with Gasteiger partial charge in [-0.15, -0.1) is 0 Å². The molecule has 0 aliphatic rings. The van der Waals surface area contributed by atoms with E-state index in [-0.39, 0.29) is 12.1 Å². The van der Waals surface area contributed by atoms with Crippen LogP contribution in [-0.2, 0) is 0 Å². The first-order valence-corrected chi connectivity index (χ1v) is 4.57. The molecule has 0 fully saturated rings. The maximum atomic E-state index is 9.05. The number of nitrogens with two attached hydrogens (primary N) is 1. The fraction of sp³-hybridized carbons (Fsp3) is 1.00. The summed E-state index contributed by atoms with van der Waals surface area (Å²) in [5, 5.41) is 9.05. The van der Waals surface area contributed by atoms with Crippen LogP contribution in [0.25, 0.3) is 0 Å². The Morgan fingerprint density at radius 3 is 2.33 bits per heavy atom. The van der Waals surface area contributed by atoms with Crippen molar-refractivity contribution in [2.45, 2.75) is 32.2 Å². The van der Waals surface area contributed by atoms with E-state index >= 15 is 0 Å². The third-order valence-corrected chi connectivity index (χ3v) is 2.37. The number of aliphatic hydroxyl groups excluding tert-OH is 1. The van der Waals surface area contributed by atoms with Crippen LogP contribution < -0.4 is 5.73 Å². The van der Waals surface area contributed by atoms with E-state index in [9.17, 15) is 0 Å². The molecule has 0 rings (SSSR count). The summed E-state index contributed by atoms with van der Waals surface area (Å²) >= 11 is 0. The van der Waals surface area contributed by atoms with Gasteiger partial charge in [0.15, 0.2) is 0 Å². The minimum atomic E-state index is -0.103. The van der Waals surface area contributed by atoms with Crippen molar-refractivity contribution in [3.8, 4) is 0 Å². The zero-order valence-electron chi connectivity index (χ0n) is 8.51. The Morgan fingerprint density at radius 1 is 1.33 bits per heavy atom. The molecule has 0 saturated heterocycles. The van der Waals surface area contributed by atoms with Crippen molar-refractivity contribution in [3.63, 3.8) is 0 Å². The summed E-state index contributed by atoms with van der Waals surface area (Å²) < 4.78 is 0. The molecule has 0 radical (unpaired) electrons. The summed E-state index contributed by atoms with van der Waals surface area (Å²) in [5.74, 6) is 0. The van der Waals surface area contributed by atoms with Gasteiger partial charge < -0.3 is 10.8 Å². The molecule has 0 aliphatic heterocycles. The van der Waals surface area contributed by atoms with E-state index in [1.54, 1.807) is 0 Å². The molecular formula is C9H22N2O. The van der Waals surface area contributed by atoms with Gasteiger partial charge in [0.05, 0.1) is 6.61 Å². The van der Waals surface area contributed by atoms with Crippen LogP contribution in [0.2, 0.25) is 0 Å². The number of nitrogens with zero attached hydrogens (tertiary/aromatic N) is 1. The maximum absolute atomic E-state index is 9.05. The summed E-state index contributed by atoms with van der Waals surface area (Å²) in [6, 6.07) is 0. The average Bonchev–Trinajstić information content (AvgIpc) is 2.05. The van der Waals surface area contributed by atoms with E-state index in [1.165, 1.54) is 0 Å². The van der Waals surface area contributed by atoms with E-state index < -0.39 is 0 Å². The van der Waals surface area contributed by atoms with E-state index in [4.69, 9.17) is 10.8 Å². The first-order valence-electron chi connectivity index (χ1n) is 4.57. The van der Waals surface area contributed by atoms with E-state index in [2.05, 4.69) is 4.90 Å². The van der Waals surface area contributed by atoms with Gasteiger partial charge in [0.2, 0.25) is 0 Å². The number of aliphatic hydroxyl groups is 1. The van der Waals surface area contributed by atoms with Crippen molar-refractivity contribution in [1.82, 2.24) is 4.90 Å². The normalized spacial score (nSPS) is 12.5. The molecule has 0 saturated carbocycles. The molecular weight excluding hydrogens is 152 g/mol. The Bertz CT molecular complexity index is 115. The molecule has 0 amide bonds. The van der Waals surface area contributed by atoms with Crippen LogP contribution in [0.5, 0.6) is 0 Å². The fourth-order valence-electron chi connectivity index (χ4n) is 0.917. The minimum absolute atomic E-state index is 0.103. The number of likely N-dealkylation sites (N-methyl/N-ethyl adjacent to an activating group) is 1. The summed E-state index contributed by atoms with van der Waals surface area (Å²) in [4.78, 5) is 2.17. The molecule has 0 heterocycles. The van der Waals surface area contributed by atoms with Crippen molar-refractivity contribution < 1.29 is 5.11 Å². The summed E-state index contributed by atoms with van der Waals surface area (Å²) in [6.07, 6.45) is 2.17. The molecule has 3 N–H and O–H groups in total. The zero-order valence-corrected chi connectivity index (χ0v) is 8.51. The molecule has 0 bridgehead atoms. The first kappa shape index (κ1) is 11.9. The lowest BCUT2D eigenvalue weighted by Gasteiger charge is -2.33. The van der Waals surface area contributed by atoms with Gasteiger partial charge in [-0.1, -0.05) is 0 Å². The molecule has 0 spiro atoms. The second kappa shape index (κ2) is 5.51. The van der Waals surface area contributed by atoms with Crippen LogP contribution in [0.1, 0.15) is 26.7 Å². The molecule has 12 heavy (non-hydrogen) atoms. The predicted molar refractivity (Wildman–Crippen MR) is 52.1 cm³/mol. The number of hydrogen-bond acceptors (Lipinski definition) is 3. The average molecular weight is 174 g/mol. The van der Waals surface area contributed by atoms with E-state index in [1.807, 2.05) is 20.9 Å². The highest BCUT2D eigenvalue weighted by Crippen LogP contribution is 2.11. The van der Waals surface area contributed by atoms with Crippen LogP contribution in [0.15, 0.2) is 0 Å². The minimum Gasteiger partial charge on any atom is -0.394 e. The molecule has 0 atom stereocenters. The number of hydrogen-bond donors (Lipinski definition) is 2. The lowest BCUT2D eigenvalue weighted by Crippen LogP contribution is -2.44. The molecule has 0 aromatic heterocycles. The van der Waals surface area contributed by atoms with Crippen LogP contribution in [-0.4, -0.2) is 42.3 Å². The smallest absolute Gasteiger partial charge is 0.0609 e. The highest BCUT2D eigenvalue weighted by atomic mass is 16.3. The Labute approximate surface area is 75.6 Å². The van der Waals surface area contributed by atoms with E-state index in [0.29, 0.717) is 0 Å². The Kier molecular flexibility index (Phi) is 5.46. The topological polar surface area (TPSA) is 49.5 Å². The van der Waals surface area contributed by atoms with Gasteiger partial charge in [0, 0.05) is 5.54 Å². The Balaban J connectivity index is 3.63. The quantitative estimate of drug-likeness (QED) is 0.574. The number of unbranched alkanes of at least 4 members (excludes halogenated alkanes) is 1. The Hall–Kier alpha value is -0.120. The predicted octanol–water partition coefficient (Wildman–Crippen LogP) is 0.428. The van der Waals surface area contributed by atoms with Gasteiger partial charge in [-0.25, -0.2) is 0 Å². The lowest BCUT2D eigenvalue weighted by atomic mass is 10.0.